The molecule has 0 radical (unpaired) electrons. The Labute approximate surface area is 195 Å². The van der Waals surface area contributed by atoms with Gasteiger partial charge in [-0.15, -0.1) is 0 Å². The Kier molecular flexibility index (Phi) is 11.9. The molecule has 0 spiro atoms. The van der Waals surface area contributed by atoms with Gasteiger partial charge in [0.25, 0.3) is 5.91 Å². The summed E-state index contributed by atoms with van der Waals surface area (Å²) in [6.45, 7) is 3.90. The molecule has 1 aromatic carbocycles. The van der Waals surface area contributed by atoms with Crippen LogP contribution in [0.1, 0.15) is 45.1 Å². The van der Waals surface area contributed by atoms with Crippen LogP contribution in [0.2, 0.25) is 0 Å². The number of carbonyl (C=O) groups is 3. The van der Waals surface area contributed by atoms with Crippen molar-refractivity contribution >= 4 is 23.7 Å². The van der Waals surface area contributed by atoms with Crippen molar-refractivity contribution in [2.24, 2.45) is 39.9 Å². The van der Waals surface area contributed by atoms with Gasteiger partial charge in [0.1, 0.15) is 6.04 Å². The Balaban J connectivity index is 3.12. The Hall–Kier alpha value is -3.14. The average molecular weight is 463 g/mol. The molecule has 184 valence electrons. The summed E-state index contributed by atoms with van der Waals surface area (Å²) in [4.78, 5) is 41.9. The summed E-state index contributed by atoms with van der Waals surface area (Å²) in [5.74, 6) is -3.58. The number of aliphatic imine (C=N–C) groups is 1. The van der Waals surface area contributed by atoms with E-state index in [4.69, 9.17) is 17.2 Å². The molecule has 0 bridgehead atoms. The van der Waals surface area contributed by atoms with Gasteiger partial charge >= 0.3 is 0 Å². The second kappa shape index (κ2) is 14.1. The first-order valence-electron chi connectivity index (χ1n) is 11.2. The van der Waals surface area contributed by atoms with Crippen LogP contribution in [0, 0.1) is 17.8 Å². The van der Waals surface area contributed by atoms with Gasteiger partial charge in [0.15, 0.2) is 5.96 Å². The fourth-order valence-electron chi connectivity index (χ4n) is 3.82. The molecule has 0 aromatic heterocycles. The van der Waals surface area contributed by atoms with Crippen LogP contribution in [0.25, 0.3) is 0 Å². The van der Waals surface area contributed by atoms with E-state index in [1.54, 1.807) is 0 Å². The van der Waals surface area contributed by atoms with Gasteiger partial charge in [-0.3, -0.25) is 24.6 Å². The summed E-state index contributed by atoms with van der Waals surface area (Å²) < 4.78 is 0. The number of hydrogen-bond donors (Lipinski definition) is 5. The molecule has 0 aliphatic carbocycles. The third-order valence-electron chi connectivity index (χ3n) is 5.48. The molecule has 1 unspecified atom stereocenters. The smallest absolute Gasteiger partial charge is 0.250 e. The zero-order chi connectivity index (χ0) is 25.0. The topological polar surface area (TPSA) is 177 Å². The van der Waals surface area contributed by atoms with Crippen LogP contribution >= 0.6 is 0 Å². The number of guanidine groups is 1. The second-order valence-electron chi connectivity index (χ2n) is 8.53. The van der Waals surface area contributed by atoms with E-state index >= 15 is 0 Å². The van der Waals surface area contributed by atoms with Crippen molar-refractivity contribution in [1.29, 1.82) is 0 Å². The number of hydrogen-bond acceptors (Lipinski definition) is 5. The molecule has 3 atom stereocenters. The van der Waals surface area contributed by atoms with Crippen LogP contribution in [-0.2, 0) is 20.8 Å². The molecule has 0 fully saturated rings. The number of likely N-dealkylation sites (N-methyl/N-ethyl adjacent to an activating group) is 1. The Morgan fingerprint density at radius 3 is 2.21 bits per heavy atom. The van der Waals surface area contributed by atoms with E-state index < -0.39 is 35.6 Å². The van der Waals surface area contributed by atoms with Crippen LogP contribution in [0.4, 0.5) is 0 Å². The van der Waals surface area contributed by atoms with Crippen molar-refractivity contribution in [3.8, 4) is 0 Å². The van der Waals surface area contributed by atoms with Crippen LogP contribution in [0.3, 0.4) is 0 Å². The van der Waals surface area contributed by atoms with Gasteiger partial charge in [-0.2, -0.15) is 0 Å². The number of nitrogens with zero attached hydrogens (tertiary/aromatic N) is 2. The summed E-state index contributed by atoms with van der Waals surface area (Å²) in [6.07, 6.45) is 2.03. The molecule has 0 aliphatic rings. The van der Waals surface area contributed by atoms with E-state index in [1.807, 2.05) is 44.2 Å². The van der Waals surface area contributed by atoms with Crippen molar-refractivity contribution in [3.05, 3.63) is 35.9 Å². The quantitative estimate of drug-likeness (QED) is 0.118. The minimum Gasteiger partial charge on any atom is -0.370 e. The summed E-state index contributed by atoms with van der Waals surface area (Å²) in [5, 5.41) is 13.6. The zero-order valence-electron chi connectivity index (χ0n) is 19.7. The van der Waals surface area contributed by atoms with E-state index in [-0.39, 0.29) is 24.8 Å². The molecular weight excluding hydrogens is 424 g/mol. The van der Waals surface area contributed by atoms with Crippen LogP contribution in [0.15, 0.2) is 35.3 Å². The van der Waals surface area contributed by atoms with Gasteiger partial charge < -0.3 is 22.5 Å². The highest BCUT2D eigenvalue weighted by atomic mass is 16.5. The first-order chi connectivity index (χ1) is 15.6. The molecule has 1 aromatic rings. The summed E-state index contributed by atoms with van der Waals surface area (Å²) in [6, 6.07) is 8.55. The third kappa shape index (κ3) is 9.48. The summed E-state index contributed by atoms with van der Waals surface area (Å²) in [5.41, 5.74) is 17.4. The largest absolute Gasteiger partial charge is 0.370 e. The van der Waals surface area contributed by atoms with Crippen molar-refractivity contribution < 1.29 is 19.6 Å². The van der Waals surface area contributed by atoms with Gasteiger partial charge in [0.2, 0.25) is 11.8 Å². The predicted octanol–water partition coefficient (Wildman–Crippen LogP) is 0.769. The second-order valence-corrected chi connectivity index (χ2v) is 8.53. The first kappa shape index (κ1) is 27.9. The van der Waals surface area contributed by atoms with Crippen LogP contribution in [0.5, 0.6) is 0 Å². The minimum absolute atomic E-state index is 0.00195. The normalized spacial score (nSPS) is 13.6. The zero-order valence-corrected chi connectivity index (χ0v) is 19.7. The maximum atomic E-state index is 13.4. The number of aryl methyl sites for hydroxylation is 1. The highest BCUT2D eigenvalue weighted by molar-refractivity contribution is 5.90. The van der Waals surface area contributed by atoms with Gasteiger partial charge in [-0.1, -0.05) is 44.2 Å². The lowest BCUT2D eigenvalue weighted by Crippen LogP contribution is -2.51. The van der Waals surface area contributed by atoms with Crippen molar-refractivity contribution in [3.63, 3.8) is 0 Å². The molecule has 0 heterocycles. The van der Waals surface area contributed by atoms with E-state index in [2.05, 4.69) is 10.3 Å². The van der Waals surface area contributed by atoms with E-state index in [0.29, 0.717) is 30.7 Å². The lowest BCUT2D eigenvalue weighted by molar-refractivity contribution is -0.186. The first-order valence-corrected chi connectivity index (χ1v) is 11.2. The van der Waals surface area contributed by atoms with Crippen LogP contribution in [-0.4, -0.2) is 53.6 Å². The molecule has 33 heavy (non-hydrogen) atoms. The Morgan fingerprint density at radius 2 is 1.70 bits per heavy atom. The Morgan fingerprint density at radius 1 is 1.06 bits per heavy atom. The lowest BCUT2D eigenvalue weighted by atomic mass is 9.80. The van der Waals surface area contributed by atoms with Crippen molar-refractivity contribution in [1.82, 2.24) is 10.4 Å². The fourth-order valence-corrected chi connectivity index (χ4v) is 3.82. The average Bonchev–Trinajstić information content (AvgIpc) is 2.77. The fraction of sp³-hybridized carbons (Fsp3) is 0.565. The Bertz CT molecular complexity index is 795. The van der Waals surface area contributed by atoms with Gasteiger partial charge in [-0.25, -0.2) is 5.06 Å². The van der Waals surface area contributed by atoms with Crippen molar-refractivity contribution in [2.75, 3.05) is 13.6 Å². The molecule has 0 saturated heterocycles. The molecule has 10 nitrogen and oxygen atoms in total. The summed E-state index contributed by atoms with van der Waals surface area (Å²) in [7, 11) is 1.40. The van der Waals surface area contributed by atoms with Crippen molar-refractivity contribution in [2.45, 2.75) is 52.0 Å². The minimum atomic E-state index is -1.21. The highest BCUT2D eigenvalue weighted by Gasteiger charge is 2.38. The predicted molar refractivity (Wildman–Crippen MR) is 127 cm³/mol. The number of nitrogens with two attached hydrogens (primary N) is 3. The monoisotopic (exact) mass is 462 g/mol. The van der Waals surface area contributed by atoms with E-state index in [9.17, 15) is 19.6 Å². The van der Waals surface area contributed by atoms with Gasteiger partial charge in [0, 0.05) is 19.5 Å². The molecule has 0 saturated carbocycles. The molecule has 10 heteroatoms. The van der Waals surface area contributed by atoms with Crippen LogP contribution < -0.4 is 22.5 Å². The lowest BCUT2D eigenvalue weighted by Gasteiger charge is -2.31. The number of carbonyl (C=O) groups excluding carboxylic acids is 3. The highest BCUT2D eigenvalue weighted by Crippen LogP contribution is 2.28. The number of benzene rings is 1. The van der Waals surface area contributed by atoms with Gasteiger partial charge in [0.05, 0.1) is 5.92 Å². The number of rotatable bonds is 14. The molecule has 3 amide bonds. The molecule has 0 aliphatic heterocycles. The van der Waals surface area contributed by atoms with Gasteiger partial charge in [-0.05, 0) is 43.6 Å². The number of primary amides is 1. The maximum absolute atomic E-state index is 13.4. The molecule has 1 rings (SSSR count). The maximum Gasteiger partial charge on any atom is 0.250 e. The molecule has 8 N–H and O–H groups in total. The number of amides is 3. The SMILES string of the molecule is CNC(=O)[C@H](CCN=C(N)N)N(O)C(=O)C(CCCc1ccccc1)[C@@H](CC(C)C)C(N)=O. The standard InChI is InChI=1S/C23H38N6O4/c1-15(2)14-18(20(24)30)17(11-7-10-16-8-5-4-6-9-16)22(32)29(33)19(21(31)27-3)12-13-28-23(25)26/h4-6,8-9,15,17-19,33H,7,10-14H2,1-3H3,(H2,24,30)(H,27,31)(H4,25,26,28)/t17?,18-,19+/m1/s1. The number of nitrogens with one attached hydrogen (secondary N) is 1. The number of hydroxylamine groups is 2. The third-order valence-corrected chi connectivity index (χ3v) is 5.48. The van der Waals surface area contributed by atoms with E-state index in [1.165, 1.54) is 7.05 Å². The summed E-state index contributed by atoms with van der Waals surface area (Å²) >= 11 is 0. The molecular formula is C23H38N6O4. The van der Waals surface area contributed by atoms with E-state index in [0.717, 1.165) is 5.56 Å².